The first-order valence-electron chi connectivity index (χ1n) is 9.94. The van der Waals surface area contributed by atoms with Crippen molar-refractivity contribution >= 4 is 40.6 Å². The van der Waals surface area contributed by atoms with Crippen molar-refractivity contribution in [1.29, 1.82) is 0 Å². The number of hydrogen-bond acceptors (Lipinski definition) is 6. The van der Waals surface area contributed by atoms with E-state index in [9.17, 15) is 9.59 Å². The molecule has 2 heterocycles. The third-order valence-electron chi connectivity index (χ3n) is 5.56. The van der Waals surface area contributed by atoms with Gasteiger partial charge in [-0.25, -0.2) is 4.79 Å². The van der Waals surface area contributed by atoms with Gasteiger partial charge in [-0.3, -0.25) is 9.69 Å². The molecule has 7 nitrogen and oxygen atoms in total. The molecule has 2 aromatic rings. The molecule has 1 aliphatic carbocycles. The fourth-order valence-corrected chi connectivity index (χ4v) is 4.65. The van der Waals surface area contributed by atoms with Gasteiger partial charge in [-0.1, -0.05) is 23.7 Å². The number of cyclic esters (lactones) is 1. The number of hydrogen-bond donors (Lipinski definition) is 3. The van der Waals surface area contributed by atoms with Gasteiger partial charge in [0.2, 0.25) is 0 Å². The number of halogens is 1. The van der Waals surface area contributed by atoms with Gasteiger partial charge in [0.25, 0.3) is 5.91 Å². The standard InChI is InChI=1S/C21H24ClN3O4S/c22-18-6-5-17(30-18)19(27)24-11-16-12-25(20(28)29-16)15-3-1-14(2-4-15)21(7-8-21)13-23-9-10-26/h1-6,16,23,26H,7-13H2,(H,24,27). The summed E-state index contributed by atoms with van der Waals surface area (Å²) in [4.78, 5) is 26.6. The maximum Gasteiger partial charge on any atom is 0.414 e. The quantitative estimate of drug-likeness (QED) is 0.512. The van der Waals surface area contributed by atoms with Gasteiger partial charge in [-0.15, -0.1) is 11.3 Å². The SMILES string of the molecule is O=C(NCC1CN(c2ccc(C3(CNCCO)CC3)cc2)C(=O)O1)c1ccc(Cl)s1. The first-order valence-corrected chi connectivity index (χ1v) is 11.1. The summed E-state index contributed by atoms with van der Waals surface area (Å²) in [5.74, 6) is -0.227. The Balaban J connectivity index is 1.32. The van der Waals surface area contributed by atoms with Crippen LogP contribution in [0.1, 0.15) is 28.1 Å². The Labute approximate surface area is 184 Å². The lowest BCUT2D eigenvalue weighted by molar-refractivity contribution is 0.0920. The molecule has 1 saturated heterocycles. The summed E-state index contributed by atoms with van der Waals surface area (Å²) in [5, 5.41) is 15.0. The van der Waals surface area contributed by atoms with Crippen molar-refractivity contribution in [1.82, 2.24) is 10.6 Å². The lowest BCUT2D eigenvalue weighted by Crippen LogP contribution is -2.34. The Morgan fingerprint density at radius 3 is 2.67 bits per heavy atom. The number of rotatable bonds is 9. The Kier molecular flexibility index (Phi) is 6.29. The molecule has 9 heteroatoms. The second kappa shape index (κ2) is 8.93. The summed E-state index contributed by atoms with van der Waals surface area (Å²) >= 11 is 7.07. The zero-order chi connectivity index (χ0) is 21.1. The summed E-state index contributed by atoms with van der Waals surface area (Å²) in [5.41, 5.74) is 2.15. The van der Waals surface area contributed by atoms with Crippen LogP contribution in [-0.4, -0.2) is 56.0 Å². The molecule has 2 amide bonds. The molecule has 0 spiro atoms. The summed E-state index contributed by atoms with van der Waals surface area (Å²) in [6, 6.07) is 11.4. The lowest BCUT2D eigenvalue weighted by atomic mass is 9.95. The van der Waals surface area contributed by atoms with E-state index in [1.807, 2.05) is 12.1 Å². The largest absolute Gasteiger partial charge is 0.442 e. The van der Waals surface area contributed by atoms with Crippen LogP contribution in [-0.2, 0) is 10.2 Å². The zero-order valence-electron chi connectivity index (χ0n) is 16.4. The highest BCUT2D eigenvalue weighted by Crippen LogP contribution is 2.48. The number of amides is 2. The number of benzene rings is 1. The average molecular weight is 450 g/mol. The highest BCUT2D eigenvalue weighted by molar-refractivity contribution is 7.17. The Bertz CT molecular complexity index is 913. The molecule has 1 atom stereocenters. The Morgan fingerprint density at radius 2 is 2.03 bits per heavy atom. The molecule has 1 aliphatic heterocycles. The average Bonchev–Trinajstić information content (AvgIpc) is 3.25. The molecule has 1 aromatic heterocycles. The monoisotopic (exact) mass is 449 g/mol. The van der Waals surface area contributed by atoms with Crippen molar-refractivity contribution in [3.8, 4) is 0 Å². The van der Waals surface area contributed by atoms with Crippen molar-refractivity contribution in [2.75, 3.05) is 37.7 Å². The van der Waals surface area contributed by atoms with Crippen LogP contribution in [0.15, 0.2) is 36.4 Å². The second-order valence-electron chi connectivity index (χ2n) is 7.66. The van der Waals surface area contributed by atoms with E-state index in [2.05, 4.69) is 22.8 Å². The van der Waals surface area contributed by atoms with Crippen LogP contribution in [0.25, 0.3) is 0 Å². The van der Waals surface area contributed by atoms with E-state index < -0.39 is 12.2 Å². The lowest BCUT2D eigenvalue weighted by Gasteiger charge is -2.18. The van der Waals surface area contributed by atoms with Crippen LogP contribution in [0.4, 0.5) is 10.5 Å². The summed E-state index contributed by atoms with van der Waals surface area (Å²) in [6.07, 6.45) is 1.42. The van der Waals surface area contributed by atoms with Crippen LogP contribution in [0, 0.1) is 0 Å². The molecule has 1 aromatic carbocycles. The normalized spacial score (nSPS) is 19.6. The number of nitrogens with zero attached hydrogens (tertiary/aromatic N) is 1. The minimum atomic E-state index is -0.410. The molecule has 1 unspecified atom stereocenters. The molecule has 0 bridgehead atoms. The minimum Gasteiger partial charge on any atom is -0.442 e. The van der Waals surface area contributed by atoms with Gasteiger partial charge in [0.05, 0.1) is 28.9 Å². The number of aliphatic hydroxyl groups is 1. The van der Waals surface area contributed by atoms with E-state index in [4.69, 9.17) is 21.4 Å². The maximum atomic E-state index is 12.3. The van der Waals surface area contributed by atoms with Crippen molar-refractivity contribution in [2.45, 2.75) is 24.4 Å². The molecule has 160 valence electrons. The Hall–Kier alpha value is -2.13. The van der Waals surface area contributed by atoms with E-state index >= 15 is 0 Å². The van der Waals surface area contributed by atoms with Crippen LogP contribution >= 0.6 is 22.9 Å². The molecule has 1 saturated carbocycles. The number of aliphatic hydroxyl groups excluding tert-OH is 1. The molecular formula is C21H24ClN3O4S. The van der Waals surface area contributed by atoms with Crippen LogP contribution in [0.3, 0.4) is 0 Å². The van der Waals surface area contributed by atoms with Crippen LogP contribution in [0.2, 0.25) is 4.34 Å². The first kappa shape index (κ1) is 21.1. The van der Waals surface area contributed by atoms with Crippen molar-refractivity contribution in [3.05, 3.63) is 51.2 Å². The van der Waals surface area contributed by atoms with Crippen LogP contribution in [0.5, 0.6) is 0 Å². The topological polar surface area (TPSA) is 90.9 Å². The smallest absolute Gasteiger partial charge is 0.414 e. The molecular weight excluding hydrogens is 426 g/mol. The predicted octanol–water partition coefficient (Wildman–Crippen LogP) is 2.77. The van der Waals surface area contributed by atoms with Gasteiger partial charge in [0.1, 0.15) is 6.10 Å². The number of thiophene rings is 1. The number of nitrogens with one attached hydrogen (secondary N) is 2. The maximum absolute atomic E-state index is 12.3. The summed E-state index contributed by atoms with van der Waals surface area (Å²) in [6.45, 7) is 2.20. The third kappa shape index (κ3) is 4.62. The molecule has 2 aliphatic rings. The molecule has 2 fully saturated rings. The van der Waals surface area contributed by atoms with E-state index in [0.29, 0.717) is 22.3 Å². The molecule has 4 rings (SSSR count). The molecule has 0 radical (unpaired) electrons. The summed E-state index contributed by atoms with van der Waals surface area (Å²) in [7, 11) is 0. The Morgan fingerprint density at radius 1 is 1.27 bits per heavy atom. The van der Waals surface area contributed by atoms with Crippen molar-refractivity contribution < 1.29 is 19.4 Å². The predicted molar refractivity (Wildman–Crippen MR) is 117 cm³/mol. The van der Waals surface area contributed by atoms with Gasteiger partial charge < -0.3 is 20.5 Å². The second-order valence-corrected chi connectivity index (χ2v) is 9.37. The van der Waals surface area contributed by atoms with Crippen molar-refractivity contribution in [2.24, 2.45) is 0 Å². The number of carbonyl (C=O) groups is 2. The molecule has 3 N–H and O–H groups in total. The first-order chi connectivity index (χ1) is 14.5. The number of carbonyl (C=O) groups excluding carboxylic acids is 2. The van der Waals surface area contributed by atoms with E-state index in [-0.39, 0.29) is 24.5 Å². The fourth-order valence-electron chi connectivity index (χ4n) is 3.69. The minimum absolute atomic E-state index is 0.134. The highest BCUT2D eigenvalue weighted by Gasteiger charge is 2.43. The number of ether oxygens (including phenoxy) is 1. The van der Waals surface area contributed by atoms with Crippen LogP contribution < -0.4 is 15.5 Å². The summed E-state index contributed by atoms with van der Waals surface area (Å²) < 4.78 is 5.97. The third-order valence-corrected chi connectivity index (χ3v) is 6.79. The van der Waals surface area contributed by atoms with Gasteiger partial charge in [-0.2, -0.15) is 0 Å². The fraction of sp³-hybridized carbons (Fsp3) is 0.429. The van der Waals surface area contributed by atoms with Gasteiger partial charge in [0.15, 0.2) is 0 Å². The number of anilines is 1. The van der Waals surface area contributed by atoms with E-state index in [1.165, 1.54) is 16.9 Å². The van der Waals surface area contributed by atoms with E-state index in [0.717, 1.165) is 25.1 Å². The van der Waals surface area contributed by atoms with Gasteiger partial charge >= 0.3 is 6.09 Å². The van der Waals surface area contributed by atoms with Gasteiger partial charge in [-0.05, 0) is 42.7 Å². The van der Waals surface area contributed by atoms with Crippen molar-refractivity contribution in [3.63, 3.8) is 0 Å². The zero-order valence-corrected chi connectivity index (χ0v) is 18.0. The van der Waals surface area contributed by atoms with E-state index in [1.54, 1.807) is 17.0 Å². The molecule has 30 heavy (non-hydrogen) atoms. The highest BCUT2D eigenvalue weighted by atomic mass is 35.5. The van der Waals surface area contributed by atoms with Gasteiger partial charge in [0, 0.05) is 24.2 Å².